The summed E-state index contributed by atoms with van der Waals surface area (Å²) in [6, 6.07) is 7.59. The third kappa shape index (κ3) is 6.83. The number of ether oxygens (including phenoxy) is 1. The number of nitrogens with one attached hydrogen (secondary N) is 3. The number of aryl methyl sites for hydroxylation is 1. The highest BCUT2D eigenvalue weighted by molar-refractivity contribution is 7.11. The molecule has 29 heavy (non-hydrogen) atoms. The molecule has 1 saturated heterocycles. The summed E-state index contributed by atoms with van der Waals surface area (Å²) < 4.78 is 5.56. The molecule has 1 aliphatic rings. The smallest absolute Gasteiger partial charge is 0.251 e. The lowest BCUT2D eigenvalue weighted by molar-refractivity contribution is 0.0857. The van der Waals surface area contributed by atoms with Crippen molar-refractivity contribution in [2.45, 2.75) is 45.9 Å². The van der Waals surface area contributed by atoms with Crippen LogP contribution in [0.5, 0.6) is 0 Å². The summed E-state index contributed by atoms with van der Waals surface area (Å²) in [6.45, 7) is 7.32. The lowest BCUT2D eigenvalue weighted by atomic mass is 10.1. The zero-order valence-corrected chi connectivity index (χ0v) is 17.8. The fraction of sp³-hybridized carbons (Fsp3) is 0.476. The van der Waals surface area contributed by atoms with E-state index < -0.39 is 0 Å². The molecule has 3 N–H and O–H groups in total. The number of amides is 1. The van der Waals surface area contributed by atoms with E-state index in [2.05, 4.69) is 25.9 Å². The Balaban J connectivity index is 1.55. The Morgan fingerprint density at radius 3 is 2.97 bits per heavy atom. The van der Waals surface area contributed by atoms with Gasteiger partial charge in [0.15, 0.2) is 5.96 Å². The molecule has 1 aliphatic heterocycles. The van der Waals surface area contributed by atoms with E-state index in [1.165, 1.54) is 4.88 Å². The maximum atomic E-state index is 12.4. The van der Waals surface area contributed by atoms with Gasteiger partial charge in [-0.25, -0.2) is 9.98 Å². The summed E-state index contributed by atoms with van der Waals surface area (Å²) in [4.78, 5) is 22.6. The first-order valence-electron chi connectivity index (χ1n) is 10.1. The number of benzene rings is 1. The molecule has 7 nitrogen and oxygen atoms in total. The van der Waals surface area contributed by atoms with Crippen LogP contribution in [0.2, 0.25) is 0 Å². The van der Waals surface area contributed by atoms with E-state index in [4.69, 9.17) is 4.74 Å². The van der Waals surface area contributed by atoms with Gasteiger partial charge in [0.25, 0.3) is 5.91 Å². The van der Waals surface area contributed by atoms with Gasteiger partial charge in [-0.3, -0.25) is 4.79 Å². The van der Waals surface area contributed by atoms with E-state index >= 15 is 0 Å². The van der Waals surface area contributed by atoms with E-state index in [0.29, 0.717) is 25.2 Å². The molecule has 2 heterocycles. The number of carbonyl (C=O) groups is 1. The fourth-order valence-electron chi connectivity index (χ4n) is 3.08. The number of rotatable bonds is 8. The summed E-state index contributed by atoms with van der Waals surface area (Å²) in [5, 5.41) is 10.5. The van der Waals surface area contributed by atoms with Gasteiger partial charge in [-0.1, -0.05) is 12.1 Å². The fourth-order valence-corrected chi connectivity index (χ4v) is 3.81. The van der Waals surface area contributed by atoms with Crippen LogP contribution in [-0.2, 0) is 17.8 Å². The monoisotopic (exact) mass is 415 g/mol. The number of hydrogen-bond donors (Lipinski definition) is 3. The van der Waals surface area contributed by atoms with Crippen LogP contribution < -0.4 is 16.0 Å². The Bertz CT molecular complexity index is 830. The highest BCUT2D eigenvalue weighted by Gasteiger charge is 2.16. The standard InChI is InChI=1S/C21H29N5O2S/c1-3-22-21(26-14-19-23-11-15(2)29-19)25-12-16-6-4-7-17(10-16)20(27)24-13-18-8-5-9-28-18/h4,6-7,10-11,18H,3,5,8-9,12-14H2,1-2H3,(H,24,27)(H2,22,25,26). The van der Waals surface area contributed by atoms with Crippen molar-refractivity contribution in [1.82, 2.24) is 20.9 Å². The van der Waals surface area contributed by atoms with Crippen LogP contribution in [0.25, 0.3) is 0 Å². The first kappa shape index (κ1) is 21.3. The topological polar surface area (TPSA) is 87.6 Å². The maximum absolute atomic E-state index is 12.4. The number of hydrogen-bond acceptors (Lipinski definition) is 5. The first-order chi connectivity index (χ1) is 14.1. The molecule has 1 atom stereocenters. The zero-order chi connectivity index (χ0) is 20.5. The lowest BCUT2D eigenvalue weighted by Gasteiger charge is -2.12. The maximum Gasteiger partial charge on any atom is 0.251 e. The molecule has 1 fully saturated rings. The Morgan fingerprint density at radius 1 is 1.34 bits per heavy atom. The molecule has 1 amide bonds. The van der Waals surface area contributed by atoms with Gasteiger partial charge in [-0.05, 0) is 44.4 Å². The summed E-state index contributed by atoms with van der Waals surface area (Å²) in [6.07, 6.45) is 4.09. The van der Waals surface area contributed by atoms with Crippen LogP contribution in [0.1, 0.15) is 45.6 Å². The van der Waals surface area contributed by atoms with Crippen molar-refractivity contribution >= 4 is 23.2 Å². The molecule has 0 spiro atoms. The average molecular weight is 416 g/mol. The predicted molar refractivity (Wildman–Crippen MR) is 116 cm³/mol. The normalized spacial score (nSPS) is 16.6. The third-order valence-electron chi connectivity index (χ3n) is 4.54. The molecule has 2 aromatic rings. The number of carbonyl (C=O) groups excluding carboxylic acids is 1. The average Bonchev–Trinajstić information content (AvgIpc) is 3.40. The number of guanidine groups is 1. The van der Waals surface area contributed by atoms with Gasteiger partial charge in [0.1, 0.15) is 5.01 Å². The number of thiazole rings is 1. The summed E-state index contributed by atoms with van der Waals surface area (Å²) in [7, 11) is 0. The minimum absolute atomic E-state index is 0.0736. The first-order valence-corrected chi connectivity index (χ1v) is 10.9. The SMILES string of the molecule is CCNC(=NCc1cccc(C(=O)NCC2CCCO2)c1)NCc1ncc(C)s1. The van der Waals surface area contributed by atoms with E-state index in [1.54, 1.807) is 11.3 Å². The predicted octanol–water partition coefficient (Wildman–Crippen LogP) is 2.62. The van der Waals surface area contributed by atoms with Crippen molar-refractivity contribution in [2.75, 3.05) is 19.7 Å². The van der Waals surface area contributed by atoms with Crippen molar-refractivity contribution < 1.29 is 9.53 Å². The minimum Gasteiger partial charge on any atom is -0.376 e. The zero-order valence-electron chi connectivity index (χ0n) is 17.0. The number of nitrogens with zero attached hydrogens (tertiary/aromatic N) is 2. The van der Waals surface area contributed by atoms with E-state index in [-0.39, 0.29) is 12.0 Å². The molecular weight excluding hydrogens is 386 g/mol. The van der Waals surface area contributed by atoms with E-state index in [1.807, 2.05) is 44.3 Å². The molecular formula is C21H29N5O2S. The molecule has 1 aromatic carbocycles. The van der Waals surface area contributed by atoms with Gasteiger partial charge in [0.05, 0.1) is 19.2 Å². The Kier molecular flexibility index (Phi) is 8.01. The summed E-state index contributed by atoms with van der Waals surface area (Å²) in [5.74, 6) is 0.657. The highest BCUT2D eigenvalue weighted by atomic mass is 32.1. The van der Waals surface area contributed by atoms with Crippen LogP contribution in [0.15, 0.2) is 35.5 Å². The molecule has 8 heteroatoms. The molecule has 3 rings (SSSR count). The third-order valence-corrected chi connectivity index (χ3v) is 5.46. The Hall–Kier alpha value is -2.45. The van der Waals surface area contributed by atoms with E-state index in [0.717, 1.165) is 42.5 Å². The molecule has 0 bridgehead atoms. The highest BCUT2D eigenvalue weighted by Crippen LogP contribution is 2.12. The van der Waals surface area contributed by atoms with Crippen molar-refractivity contribution in [3.8, 4) is 0 Å². The summed E-state index contributed by atoms with van der Waals surface area (Å²) in [5.41, 5.74) is 1.63. The Labute approximate surface area is 176 Å². The second-order valence-corrected chi connectivity index (χ2v) is 8.28. The largest absolute Gasteiger partial charge is 0.376 e. The molecule has 0 saturated carbocycles. The van der Waals surface area contributed by atoms with Gasteiger partial charge in [0.2, 0.25) is 0 Å². The van der Waals surface area contributed by atoms with Crippen molar-refractivity contribution in [1.29, 1.82) is 0 Å². The van der Waals surface area contributed by atoms with Crippen LogP contribution in [-0.4, -0.2) is 42.7 Å². The quantitative estimate of drug-likeness (QED) is 0.456. The van der Waals surface area contributed by atoms with Crippen LogP contribution in [0, 0.1) is 6.92 Å². The van der Waals surface area contributed by atoms with Crippen molar-refractivity contribution in [2.24, 2.45) is 4.99 Å². The van der Waals surface area contributed by atoms with Gasteiger partial charge in [-0.15, -0.1) is 11.3 Å². The summed E-state index contributed by atoms with van der Waals surface area (Å²) >= 11 is 1.67. The van der Waals surface area contributed by atoms with E-state index in [9.17, 15) is 4.79 Å². The van der Waals surface area contributed by atoms with Crippen molar-refractivity contribution in [3.63, 3.8) is 0 Å². The molecule has 1 unspecified atom stereocenters. The Morgan fingerprint density at radius 2 is 2.24 bits per heavy atom. The van der Waals surface area contributed by atoms with Gasteiger partial charge in [-0.2, -0.15) is 0 Å². The van der Waals surface area contributed by atoms with Gasteiger partial charge < -0.3 is 20.7 Å². The second-order valence-electron chi connectivity index (χ2n) is 6.96. The van der Waals surface area contributed by atoms with Crippen LogP contribution in [0.4, 0.5) is 0 Å². The van der Waals surface area contributed by atoms with Crippen molar-refractivity contribution in [3.05, 3.63) is 51.5 Å². The minimum atomic E-state index is -0.0736. The molecule has 0 aliphatic carbocycles. The molecule has 0 radical (unpaired) electrons. The molecule has 156 valence electrons. The molecule has 1 aromatic heterocycles. The van der Waals surface area contributed by atoms with Crippen LogP contribution >= 0.6 is 11.3 Å². The number of aromatic nitrogens is 1. The number of aliphatic imine (C=N–C) groups is 1. The van der Waals surface area contributed by atoms with Gasteiger partial charge >= 0.3 is 0 Å². The van der Waals surface area contributed by atoms with Crippen LogP contribution in [0.3, 0.4) is 0 Å². The lowest BCUT2D eigenvalue weighted by Crippen LogP contribution is -2.36. The van der Waals surface area contributed by atoms with Gasteiger partial charge in [0, 0.05) is 36.3 Å². The second kappa shape index (κ2) is 10.9.